The van der Waals surface area contributed by atoms with Crippen molar-refractivity contribution in [3.63, 3.8) is 0 Å². The molecule has 0 saturated heterocycles. The Balaban J connectivity index is 1.99. The topological polar surface area (TPSA) is 39.2 Å². The van der Waals surface area contributed by atoms with E-state index in [0.717, 1.165) is 16.5 Å². The highest BCUT2D eigenvalue weighted by Crippen LogP contribution is 2.48. The number of pyridine rings is 1. The number of hydrogen-bond acceptors (Lipinski definition) is 3. The maximum absolute atomic E-state index is 12.2. The molecule has 1 aromatic heterocycles. The van der Waals surface area contributed by atoms with Gasteiger partial charge in [0, 0.05) is 11.6 Å². The molecule has 25 heavy (non-hydrogen) atoms. The van der Waals surface area contributed by atoms with E-state index in [-0.39, 0.29) is 31.4 Å². The molecule has 1 aliphatic heterocycles. The standard InChI is InChI=1S/C18H7Cl4NO2/c19-14-12-11(25-18(24)13(12)15(20)17(22)16(14)21)7-8-5-6-23-10-4-2-1-3-9(8)10/h1-7H/b11-7+. The Morgan fingerprint density at radius 2 is 1.56 bits per heavy atom. The first-order valence-electron chi connectivity index (χ1n) is 7.13. The van der Waals surface area contributed by atoms with Gasteiger partial charge in [0.2, 0.25) is 0 Å². The van der Waals surface area contributed by atoms with Crippen LogP contribution in [0.2, 0.25) is 20.1 Å². The lowest BCUT2D eigenvalue weighted by molar-refractivity contribution is 0.0717. The Labute approximate surface area is 162 Å². The first-order chi connectivity index (χ1) is 12.0. The highest BCUT2D eigenvalue weighted by atomic mass is 35.5. The quantitative estimate of drug-likeness (QED) is 0.260. The minimum Gasteiger partial charge on any atom is -0.422 e. The normalized spacial score (nSPS) is 14.9. The van der Waals surface area contributed by atoms with Gasteiger partial charge in [-0.25, -0.2) is 4.79 Å². The molecule has 0 saturated carbocycles. The zero-order valence-corrected chi connectivity index (χ0v) is 15.3. The van der Waals surface area contributed by atoms with Gasteiger partial charge in [0.05, 0.1) is 36.7 Å². The maximum atomic E-state index is 12.2. The SMILES string of the molecule is O=C1O/C(=C/c2ccnc3ccccc23)c2c(Cl)c(Cl)c(Cl)c(Cl)c21. The van der Waals surface area contributed by atoms with E-state index in [1.54, 1.807) is 12.3 Å². The lowest BCUT2D eigenvalue weighted by atomic mass is 10.0. The number of benzene rings is 2. The second kappa shape index (κ2) is 6.19. The fraction of sp³-hybridized carbons (Fsp3) is 0. The van der Waals surface area contributed by atoms with Crippen molar-refractivity contribution in [2.24, 2.45) is 0 Å². The largest absolute Gasteiger partial charge is 0.422 e. The van der Waals surface area contributed by atoms with Crippen molar-refractivity contribution in [1.82, 2.24) is 4.98 Å². The van der Waals surface area contributed by atoms with Crippen LogP contribution in [0.5, 0.6) is 0 Å². The molecule has 0 aliphatic carbocycles. The highest BCUT2D eigenvalue weighted by Gasteiger charge is 2.35. The van der Waals surface area contributed by atoms with E-state index < -0.39 is 5.97 Å². The molecule has 0 amide bonds. The van der Waals surface area contributed by atoms with Crippen LogP contribution >= 0.6 is 46.4 Å². The molecule has 1 aliphatic rings. The summed E-state index contributed by atoms with van der Waals surface area (Å²) in [4.78, 5) is 16.6. The van der Waals surface area contributed by atoms with Crippen molar-refractivity contribution in [2.75, 3.05) is 0 Å². The molecule has 0 spiro atoms. The van der Waals surface area contributed by atoms with Crippen molar-refractivity contribution < 1.29 is 9.53 Å². The summed E-state index contributed by atoms with van der Waals surface area (Å²) in [7, 11) is 0. The van der Waals surface area contributed by atoms with Crippen LogP contribution in [0.25, 0.3) is 22.7 Å². The maximum Gasteiger partial charge on any atom is 0.345 e. The number of halogens is 4. The second-order valence-corrected chi connectivity index (χ2v) is 6.83. The number of hydrogen-bond donors (Lipinski definition) is 0. The van der Waals surface area contributed by atoms with Crippen molar-refractivity contribution in [3.8, 4) is 0 Å². The van der Waals surface area contributed by atoms with Crippen LogP contribution in [-0.2, 0) is 4.74 Å². The monoisotopic (exact) mass is 409 g/mol. The Morgan fingerprint density at radius 1 is 0.880 bits per heavy atom. The number of nitrogens with zero attached hydrogens (tertiary/aromatic N) is 1. The highest BCUT2D eigenvalue weighted by molar-refractivity contribution is 6.53. The van der Waals surface area contributed by atoms with Crippen LogP contribution in [0.1, 0.15) is 21.5 Å². The Morgan fingerprint density at radius 3 is 2.32 bits per heavy atom. The molecular formula is C18H7Cl4NO2. The van der Waals surface area contributed by atoms with Gasteiger partial charge in [0.1, 0.15) is 5.76 Å². The minimum absolute atomic E-state index is 0.0269. The molecule has 4 rings (SSSR count). The van der Waals surface area contributed by atoms with Crippen LogP contribution in [0.3, 0.4) is 0 Å². The van der Waals surface area contributed by atoms with E-state index in [1.807, 2.05) is 30.3 Å². The molecule has 0 N–H and O–H groups in total. The van der Waals surface area contributed by atoms with Crippen molar-refractivity contribution in [2.45, 2.75) is 0 Å². The molecule has 0 unspecified atom stereocenters. The summed E-state index contributed by atoms with van der Waals surface area (Å²) in [6, 6.07) is 9.44. The Kier molecular flexibility index (Phi) is 4.13. The Hall–Kier alpha value is -1.78. The zero-order valence-electron chi connectivity index (χ0n) is 12.3. The first kappa shape index (κ1) is 16.7. The van der Waals surface area contributed by atoms with Crippen LogP contribution < -0.4 is 0 Å². The van der Waals surface area contributed by atoms with Gasteiger partial charge < -0.3 is 4.74 Å². The number of fused-ring (bicyclic) bond motifs is 2. The van der Waals surface area contributed by atoms with E-state index in [1.165, 1.54) is 0 Å². The van der Waals surface area contributed by atoms with Gasteiger partial charge in [0.15, 0.2) is 0 Å². The minimum atomic E-state index is -0.620. The smallest absolute Gasteiger partial charge is 0.345 e. The van der Waals surface area contributed by atoms with E-state index in [9.17, 15) is 4.79 Å². The summed E-state index contributed by atoms with van der Waals surface area (Å²) in [6.45, 7) is 0. The van der Waals surface area contributed by atoms with E-state index >= 15 is 0 Å². The molecule has 2 heterocycles. The van der Waals surface area contributed by atoms with Crippen LogP contribution in [0.15, 0.2) is 36.5 Å². The predicted molar refractivity (Wildman–Crippen MR) is 102 cm³/mol. The molecule has 0 bridgehead atoms. The molecule has 0 fully saturated rings. The lowest BCUT2D eigenvalue weighted by Crippen LogP contribution is -1.96. The van der Waals surface area contributed by atoms with E-state index in [0.29, 0.717) is 5.56 Å². The first-order valence-corrected chi connectivity index (χ1v) is 8.64. The summed E-state index contributed by atoms with van der Waals surface area (Å²) in [5.74, 6) is -0.355. The van der Waals surface area contributed by atoms with Gasteiger partial charge >= 0.3 is 5.97 Å². The zero-order chi connectivity index (χ0) is 17.7. The average Bonchev–Trinajstić information content (AvgIpc) is 2.94. The molecule has 7 heteroatoms. The van der Waals surface area contributed by atoms with Gasteiger partial charge in [-0.15, -0.1) is 0 Å². The second-order valence-electron chi connectivity index (χ2n) is 5.32. The van der Waals surface area contributed by atoms with Gasteiger partial charge in [-0.3, -0.25) is 4.98 Å². The number of rotatable bonds is 1. The summed E-state index contributed by atoms with van der Waals surface area (Å²) in [6.07, 6.45) is 3.38. The van der Waals surface area contributed by atoms with Gasteiger partial charge in [-0.1, -0.05) is 64.6 Å². The number of ether oxygens (including phenoxy) is 1. The van der Waals surface area contributed by atoms with E-state index in [2.05, 4.69) is 4.98 Å². The fourth-order valence-corrected chi connectivity index (χ4v) is 3.77. The van der Waals surface area contributed by atoms with Gasteiger partial charge in [-0.05, 0) is 23.8 Å². The van der Waals surface area contributed by atoms with Gasteiger partial charge in [0.25, 0.3) is 0 Å². The summed E-state index contributed by atoms with van der Waals surface area (Å²) >= 11 is 24.6. The van der Waals surface area contributed by atoms with Crippen LogP contribution in [0.4, 0.5) is 0 Å². The van der Waals surface area contributed by atoms with E-state index in [4.69, 9.17) is 51.1 Å². The van der Waals surface area contributed by atoms with Crippen molar-refractivity contribution in [3.05, 3.63) is 73.3 Å². The van der Waals surface area contributed by atoms with Crippen LogP contribution in [-0.4, -0.2) is 11.0 Å². The summed E-state index contributed by atoms with van der Waals surface area (Å²) < 4.78 is 5.37. The van der Waals surface area contributed by atoms with Crippen molar-refractivity contribution >= 4 is 75.1 Å². The average molecular weight is 411 g/mol. The third-order valence-electron chi connectivity index (χ3n) is 3.89. The number of carbonyl (C=O) groups excluding carboxylic acids is 1. The number of para-hydroxylation sites is 1. The molecule has 3 nitrogen and oxygen atoms in total. The molecule has 124 valence electrons. The fourth-order valence-electron chi connectivity index (χ4n) is 2.74. The number of esters is 1. The number of cyclic esters (lactones) is 1. The third-order valence-corrected chi connectivity index (χ3v) is 5.69. The number of aromatic nitrogens is 1. The Bertz CT molecular complexity index is 1090. The molecule has 0 atom stereocenters. The molecule has 0 radical (unpaired) electrons. The van der Waals surface area contributed by atoms with Gasteiger partial charge in [-0.2, -0.15) is 0 Å². The lowest BCUT2D eigenvalue weighted by Gasteiger charge is -2.08. The molecular weight excluding hydrogens is 404 g/mol. The molecule has 2 aromatic carbocycles. The predicted octanol–water partition coefficient (Wildman–Crippen LogP) is 6.52. The van der Waals surface area contributed by atoms with Crippen LogP contribution in [0, 0.1) is 0 Å². The van der Waals surface area contributed by atoms with Crippen molar-refractivity contribution in [1.29, 1.82) is 0 Å². The summed E-state index contributed by atoms with van der Waals surface area (Å²) in [5.41, 5.74) is 2.09. The number of carbonyl (C=O) groups is 1. The molecule has 3 aromatic rings. The third kappa shape index (κ3) is 2.59. The summed E-state index contributed by atoms with van der Waals surface area (Å²) in [5, 5.41) is 1.17.